The number of amides is 1. The van der Waals surface area contributed by atoms with E-state index in [2.05, 4.69) is 10.4 Å². The van der Waals surface area contributed by atoms with E-state index in [1.807, 2.05) is 44.3 Å². The molecule has 0 aliphatic heterocycles. The van der Waals surface area contributed by atoms with E-state index in [0.717, 1.165) is 27.3 Å². The number of nitrogens with zero attached hydrogens (tertiary/aromatic N) is 2. The monoisotopic (exact) mass is 301 g/mol. The van der Waals surface area contributed by atoms with Gasteiger partial charge >= 0.3 is 0 Å². The zero-order valence-electron chi connectivity index (χ0n) is 12.0. The Labute approximate surface area is 126 Å². The Morgan fingerprint density at radius 1 is 1.33 bits per heavy atom. The smallest absolute Gasteiger partial charge is 0.265 e. The van der Waals surface area contributed by atoms with Crippen LogP contribution >= 0.6 is 11.3 Å². The molecule has 3 rings (SSSR count). The number of methoxy groups -OCH3 is 1. The third-order valence-electron chi connectivity index (χ3n) is 3.27. The van der Waals surface area contributed by atoms with Crippen LogP contribution in [0, 0.1) is 6.92 Å². The Balaban J connectivity index is 1.84. The quantitative estimate of drug-likeness (QED) is 0.808. The van der Waals surface area contributed by atoms with Gasteiger partial charge in [-0.05, 0) is 37.3 Å². The highest BCUT2D eigenvalue weighted by atomic mass is 32.1. The lowest BCUT2D eigenvalue weighted by atomic mass is 10.3. The second-order valence-electron chi connectivity index (χ2n) is 4.72. The van der Waals surface area contributed by atoms with Crippen LogP contribution in [0.5, 0.6) is 5.75 Å². The van der Waals surface area contributed by atoms with E-state index in [1.54, 1.807) is 11.8 Å². The van der Waals surface area contributed by atoms with Crippen LogP contribution in [0.1, 0.15) is 15.4 Å². The number of aromatic nitrogens is 2. The number of benzene rings is 1. The second-order valence-corrected chi connectivity index (χ2v) is 5.75. The van der Waals surface area contributed by atoms with Crippen LogP contribution in [-0.2, 0) is 7.05 Å². The number of nitrogens with one attached hydrogen (secondary N) is 1. The molecule has 0 radical (unpaired) electrons. The number of thiophene rings is 1. The highest BCUT2D eigenvalue weighted by Crippen LogP contribution is 2.28. The molecule has 0 saturated heterocycles. The van der Waals surface area contributed by atoms with Gasteiger partial charge in [0, 0.05) is 18.1 Å². The second kappa shape index (κ2) is 5.21. The number of anilines is 1. The van der Waals surface area contributed by atoms with Gasteiger partial charge in [-0.1, -0.05) is 0 Å². The van der Waals surface area contributed by atoms with Crippen molar-refractivity contribution in [1.82, 2.24) is 9.78 Å². The van der Waals surface area contributed by atoms with Gasteiger partial charge in [0.2, 0.25) is 0 Å². The van der Waals surface area contributed by atoms with Gasteiger partial charge in [-0.15, -0.1) is 11.3 Å². The molecule has 0 atom stereocenters. The van der Waals surface area contributed by atoms with Crippen molar-refractivity contribution in [3.05, 3.63) is 40.9 Å². The highest BCUT2D eigenvalue weighted by Gasteiger charge is 2.15. The molecule has 0 fully saturated rings. The third kappa shape index (κ3) is 2.50. The Bertz CT molecular complexity index is 768. The van der Waals surface area contributed by atoms with Gasteiger partial charge in [0.1, 0.15) is 10.6 Å². The van der Waals surface area contributed by atoms with Crippen LogP contribution in [0.25, 0.3) is 10.2 Å². The first-order chi connectivity index (χ1) is 10.1. The van der Waals surface area contributed by atoms with Crippen molar-refractivity contribution in [3.63, 3.8) is 0 Å². The van der Waals surface area contributed by atoms with Gasteiger partial charge in [0.15, 0.2) is 0 Å². The standard InChI is InChI=1S/C15H15N3O2S/c1-9-12-8-13(21-15(12)18(2)17-9)14(19)16-10-4-6-11(20-3)7-5-10/h4-8H,1-3H3,(H,16,19). The molecule has 1 amide bonds. The van der Waals surface area contributed by atoms with Crippen LogP contribution in [0.15, 0.2) is 30.3 Å². The number of fused-ring (bicyclic) bond motifs is 1. The summed E-state index contributed by atoms with van der Waals surface area (Å²) < 4.78 is 6.90. The maximum Gasteiger partial charge on any atom is 0.265 e. The van der Waals surface area contributed by atoms with E-state index in [9.17, 15) is 4.79 Å². The lowest BCUT2D eigenvalue weighted by molar-refractivity contribution is 0.103. The number of ether oxygens (including phenoxy) is 1. The summed E-state index contributed by atoms with van der Waals surface area (Å²) >= 11 is 1.44. The first-order valence-electron chi connectivity index (χ1n) is 6.47. The van der Waals surface area contributed by atoms with E-state index >= 15 is 0 Å². The summed E-state index contributed by atoms with van der Waals surface area (Å²) in [7, 11) is 3.50. The lowest BCUT2D eigenvalue weighted by Gasteiger charge is -2.04. The molecular formula is C15H15N3O2S. The van der Waals surface area contributed by atoms with E-state index < -0.39 is 0 Å². The van der Waals surface area contributed by atoms with Crippen LogP contribution in [0.4, 0.5) is 5.69 Å². The van der Waals surface area contributed by atoms with Crippen LogP contribution in [0.3, 0.4) is 0 Å². The molecule has 0 unspecified atom stereocenters. The van der Waals surface area contributed by atoms with E-state index in [4.69, 9.17) is 4.74 Å². The van der Waals surface area contributed by atoms with Crippen molar-refractivity contribution in [3.8, 4) is 5.75 Å². The minimum atomic E-state index is -0.110. The number of hydrogen-bond donors (Lipinski definition) is 1. The maximum absolute atomic E-state index is 12.3. The molecule has 1 N–H and O–H groups in total. The molecular weight excluding hydrogens is 286 g/mol. The number of hydrogen-bond acceptors (Lipinski definition) is 4. The van der Waals surface area contributed by atoms with Crippen molar-refractivity contribution in [2.24, 2.45) is 7.05 Å². The molecule has 0 aliphatic carbocycles. The molecule has 2 heterocycles. The summed E-state index contributed by atoms with van der Waals surface area (Å²) in [5.41, 5.74) is 1.68. The molecule has 1 aromatic carbocycles. The fourth-order valence-corrected chi connectivity index (χ4v) is 3.20. The van der Waals surface area contributed by atoms with Crippen molar-refractivity contribution in [2.45, 2.75) is 6.92 Å². The Morgan fingerprint density at radius 3 is 2.67 bits per heavy atom. The summed E-state index contributed by atoms with van der Waals surface area (Å²) in [6.07, 6.45) is 0. The summed E-state index contributed by atoms with van der Waals surface area (Å²) in [5, 5.41) is 8.25. The molecule has 21 heavy (non-hydrogen) atoms. The summed E-state index contributed by atoms with van der Waals surface area (Å²) in [6, 6.07) is 9.15. The predicted molar refractivity (Wildman–Crippen MR) is 84.3 cm³/mol. The molecule has 0 bridgehead atoms. The minimum absolute atomic E-state index is 0.110. The van der Waals surface area contributed by atoms with Gasteiger partial charge in [-0.25, -0.2) is 0 Å². The Morgan fingerprint density at radius 2 is 2.05 bits per heavy atom. The van der Waals surface area contributed by atoms with Gasteiger partial charge in [-0.3, -0.25) is 9.48 Å². The van der Waals surface area contributed by atoms with Crippen molar-refractivity contribution < 1.29 is 9.53 Å². The van der Waals surface area contributed by atoms with Crippen molar-refractivity contribution in [1.29, 1.82) is 0 Å². The molecule has 5 nitrogen and oxygen atoms in total. The molecule has 2 aromatic heterocycles. The van der Waals surface area contributed by atoms with Crippen LogP contribution < -0.4 is 10.1 Å². The largest absolute Gasteiger partial charge is 0.497 e. The molecule has 108 valence electrons. The topological polar surface area (TPSA) is 56.1 Å². The number of carbonyl (C=O) groups is 1. The van der Waals surface area contributed by atoms with Crippen LogP contribution in [0.2, 0.25) is 0 Å². The highest BCUT2D eigenvalue weighted by molar-refractivity contribution is 7.20. The Kier molecular flexibility index (Phi) is 3.39. The fourth-order valence-electron chi connectivity index (χ4n) is 2.18. The number of carbonyl (C=O) groups excluding carboxylic acids is 1. The molecule has 0 aliphatic rings. The number of aryl methyl sites for hydroxylation is 2. The number of rotatable bonds is 3. The van der Waals surface area contributed by atoms with E-state index in [1.165, 1.54) is 11.3 Å². The Hall–Kier alpha value is -2.34. The maximum atomic E-state index is 12.3. The first-order valence-corrected chi connectivity index (χ1v) is 7.28. The lowest BCUT2D eigenvalue weighted by Crippen LogP contribution is -2.09. The zero-order chi connectivity index (χ0) is 15.0. The van der Waals surface area contributed by atoms with Gasteiger partial charge in [0.25, 0.3) is 5.91 Å². The van der Waals surface area contributed by atoms with Crippen molar-refractivity contribution in [2.75, 3.05) is 12.4 Å². The van der Waals surface area contributed by atoms with Crippen LogP contribution in [-0.4, -0.2) is 22.8 Å². The van der Waals surface area contributed by atoms with E-state index in [-0.39, 0.29) is 5.91 Å². The summed E-state index contributed by atoms with van der Waals surface area (Å²) in [6.45, 7) is 1.94. The molecule has 0 spiro atoms. The molecule has 3 aromatic rings. The average molecular weight is 301 g/mol. The normalized spacial score (nSPS) is 10.8. The van der Waals surface area contributed by atoms with Crippen molar-refractivity contribution >= 4 is 33.1 Å². The van der Waals surface area contributed by atoms with Gasteiger partial charge < -0.3 is 10.1 Å². The third-order valence-corrected chi connectivity index (χ3v) is 4.47. The first kappa shape index (κ1) is 13.6. The average Bonchev–Trinajstić information content (AvgIpc) is 3.02. The van der Waals surface area contributed by atoms with Gasteiger partial charge in [-0.2, -0.15) is 5.10 Å². The summed E-state index contributed by atoms with van der Waals surface area (Å²) in [5.74, 6) is 0.650. The molecule has 0 saturated carbocycles. The van der Waals surface area contributed by atoms with Gasteiger partial charge in [0.05, 0.1) is 17.7 Å². The fraction of sp³-hybridized carbons (Fsp3) is 0.200. The molecule has 6 heteroatoms. The summed E-state index contributed by atoms with van der Waals surface area (Å²) in [4.78, 5) is 14.0. The SMILES string of the molecule is COc1ccc(NC(=O)c2cc3c(C)nn(C)c3s2)cc1. The minimum Gasteiger partial charge on any atom is -0.497 e. The van der Waals surface area contributed by atoms with E-state index in [0.29, 0.717) is 4.88 Å². The zero-order valence-corrected chi connectivity index (χ0v) is 12.8. The predicted octanol–water partition coefficient (Wildman–Crippen LogP) is 3.20.